The number of anilines is 1. The van der Waals surface area contributed by atoms with Gasteiger partial charge >= 0.3 is 0 Å². The number of hydrogen-bond acceptors (Lipinski definition) is 2. The lowest BCUT2D eigenvalue weighted by Gasteiger charge is -2.22. The summed E-state index contributed by atoms with van der Waals surface area (Å²) in [6.07, 6.45) is 5.98. The van der Waals surface area contributed by atoms with E-state index >= 15 is 0 Å². The summed E-state index contributed by atoms with van der Waals surface area (Å²) in [5.41, 5.74) is 2.02. The highest BCUT2D eigenvalue weighted by Gasteiger charge is 2.50. The van der Waals surface area contributed by atoms with E-state index in [2.05, 4.69) is 19.9 Å². The van der Waals surface area contributed by atoms with Crippen molar-refractivity contribution in [2.45, 2.75) is 52.2 Å². The van der Waals surface area contributed by atoms with E-state index in [9.17, 15) is 14.3 Å². The number of carbonyl (C=O) groups is 1. The molecule has 0 aromatic heterocycles. The highest BCUT2D eigenvalue weighted by atomic mass is 19.1. The summed E-state index contributed by atoms with van der Waals surface area (Å²) in [4.78, 5) is 14.6. The second kappa shape index (κ2) is 8.75. The van der Waals surface area contributed by atoms with Gasteiger partial charge in [0, 0.05) is 12.0 Å². The van der Waals surface area contributed by atoms with E-state index in [0.29, 0.717) is 5.56 Å². The standard InChI is InChI=1S/C25H28FNO2/c1-18(2)9-7-10-19(3)15-16-25(29)21-13-8-14-22(26)23(21)27(24(25)28)17-20-11-5-4-6-12-20/h4-6,8-9,11-15,29H,7,10,16-17H2,1-3H3/b19-15+. The number of halogens is 1. The molecule has 29 heavy (non-hydrogen) atoms. The number of allylic oxidation sites excluding steroid dienone is 3. The molecule has 0 radical (unpaired) electrons. The van der Waals surface area contributed by atoms with Crippen molar-refractivity contribution < 1.29 is 14.3 Å². The van der Waals surface area contributed by atoms with Crippen LogP contribution in [0.15, 0.2) is 71.8 Å². The Balaban J connectivity index is 1.88. The van der Waals surface area contributed by atoms with Crippen LogP contribution in [0.5, 0.6) is 0 Å². The Hall–Kier alpha value is -2.72. The maximum absolute atomic E-state index is 14.7. The molecule has 1 aliphatic heterocycles. The maximum Gasteiger partial charge on any atom is 0.264 e. The summed E-state index contributed by atoms with van der Waals surface area (Å²) in [5.74, 6) is -0.971. The molecule has 0 bridgehead atoms. The first-order valence-electron chi connectivity index (χ1n) is 9.99. The number of rotatable bonds is 7. The molecule has 1 atom stereocenters. The highest BCUT2D eigenvalue weighted by Crippen LogP contribution is 2.44. The molecule has 1 unspecified atom stereocenters. The Labute approximate surface area is 172 Å². The molecule has 3 nitrogen and oxygen atoms in total. The first-order valence-corrected chi connectivity index (χ1v) is 9.99. The van der Waals surface area contributed by atoms with Gasteiger partial charge in [-0.2, -0.15) is 0 Å². The second-order valence-electron chi connectivity index (χ2n) is 7.95. The number of carbonyl (C=O) groups excluding carboxylic acids is 1. The Morgan fingerprint density at radius 2 is 1.79 bits per heavy atom. The molecule has 1 aliphatic rings. The molecular formula is C25H28FNO2. The largest absolute Gasteiger partial charge is 0.375 e. The van der Waals surface area contributed by atoms with Gasteiger partial charge in [0.05, 0.1) is 12.2 Å². The minimum atomic E-state index is -1.75. The number of benzene rings is 2. The van der Waals surface area contributed by atoms with Gasteiger partial charge in [-0.25, -0.2) is 4.39 Å². The van der Waals surface area contributed by atoms with Crippen LogP contribution in [0.3, 0.4) is 0 Å². The summed E-state index contributed by atoms with van der Waals surface area (Å²) in [5, 5.41) is 11.3. The minimum absolute atomic E-state index is 0.133. The first kappa shape index (κ1) is 21.0. The first-order chi connectivity index (χ1) is 13.8. The van der Waals surface area contributed by atoms with Gasteiger partial charge in [-0.1, -0.05) is 65.8 Å². The maximum atomic E-state index is 14.7. The van der Waals surface area contributed by atoms with Gasteiger partial charge in [0.1, 0.15) is 5.82 Å². The smallest absolute Gasteiger partial charge is 0.264 e. The normalized spacial score (nSPS) is 18.7. The molecular weight excluding hydrogens is 365 g/mol. The predicted molar refractivity (Wildman–Crippen MR) is 115 cm³/mol. The molecule has 2 aromatic carbocycles. The van der Waals surface area contributed by atoms with Crippen LogP contribution in [0.4, 0.5) is 10.1 Å². The third-order valence-electron chi connectivity index (χ3n) is 5.32. The van der Waals surface area contributed by atoms with Crippen LogP contribution in [0.25, 0.3) is 0 Å². The van der Waals surface area contributed by atoms with Crippen molar-refractivity contribution in [1.29, 1.82) is 0 Å². The van der Waals surface area contributed by atoms with Crippen molar-refractivity contribution in [2.75, 3.05) is 4.90 Å². The van der Waals surface area contributed by atoms with E-state index < -0.39 is 17.3 Å². The van der Waals surface area contributed by atoms with Crippen molar-refractivity contribution >= 4 is 11.6 Å². The summed E-state index contributed by atoms with van der Waals surface area (Å²) >= 11 is 0. The zero-order chi connectivity index (χ0) is 21.0. The minimum Gasteiger partial charge on any atom is -0.375 e. The van der Waals surface area contributed by atoms with Gasteiger partial charge in [0.15, 0.2) is 5.60 Å². The van der Waals surface area contributed by atoms with Gasteiger partial charge in [0.2, 0.25) is 0 Å². The fourth-order valence-electron chi connectivity index (χ4n) is 3.69. The molecule has 0 spiro atoms. The number of aliphatic hydroxyl groups is 1. The van der Waals surface area contributed by atoms with Gasteiger partial charge in [-0.15, -0.1) is 0 Å². The van der Waals surface area contributed by atoms with E-state index in [4.69, 9.17) is 0 Å². The lowest BCUT2D eigenvalue weighted by atomic mass is 9.90. The number of amides is 1. The van der Waals surface area contributed by atoms with Crippen molar-refractivity contribution in [3.63, 3.8) is 0 Å². The lowest BCUT2D eigenvalue weighted by Crippen LogP contribution is -2.39. The van der Waals surface area contributed by atoms with Gasteiger partial charge < -0.3 is 10.0 Å². The average molecular weight is 394 g/mol. The topological polar surface area (TPSA) is 40.5 Å². The zero-order valence-corrected chi connectivity index (χ0v) is 17.3. The number of para-hydroxylation sites is 1. The zero-order valence-electron chi connectivity index (χ0n) is 17.3. The SMILES string of the molecule is CC(C)=CCC/C(C)=C/CC1(O)C(=O)N(Cc2ccccc2)c2c(F)cccc21. The van der Waals surface area contributed by atoms with Gasteiger partial charge in [0.25, 0.3) is 5.91 Å². The molecule has 3 rings (SSSR count). The van der Waals surface area contributed by atoms with Crippen LogP contribution < -0.4 is 4.90 Å². The summed E-state index contributed by atoms with van der Waals surface area (Å²) in [6, 6.07) is 13.9. The Morgan fingerprint density at radius 3 is 2.48 bits per heavy atom. The molecule has 4 heteroatoms. The Morgan fingerprint density at radius 1 is 1.07 bits per heavy atom. The fraction of sp³-hybridized carbons (Fsp3) is 0.320. The Bertz CT molecular complexity index is 945. The van der Waals surface area contributed by atoms with Crippen LogP contribution >= 0.6 is 0 Å². The van der Waals surface area contributed by atoms with E-state index in [1.54, 1.807) is 12.1 Å². The van der Waals surface area contributed by atoms with Gasteiger partial charge in [-0.3, -0.25) is 4.79 Å². The molecule has 0 saturated carbocycles. The van der Waals surface area contributed by atoms with Crippen LogP contribution in [0.2, 0.25) is 0 Å². The molecule has 152 valence electrons. The number of fused-ring (bicyclic) bond motifs is 1. The van der Waals surface area contributed by atoms with Crippen LogP contribution in [0.1, 0.15) is 51.2 Å². The van der Waals surface area contributed by atoms with Crippen LogP contribution in [-0.4, -0.2) is 11.0 Å². The summed E-state index contributed by atoms with van der Waals surface area (Å²) in [6.45, 7) is 6.34. The molecule has 2 aromatic rings. The van der Waals surface area contributed by atoms with Crippen LogP contribution in [-0.2, 0) is 16.9 Å². The second-order valence-corrected chi connectivity index (χ2v) is 7.95. The fourth-order valence-corrected chi connectivity index (χ4v) is 3.69. The van der Waals surface area contributed by atoms with Crippen molar-refractivity contribution in [3.05, 3.63) is 88.8 Å². The molecule has 1 amide bonds. The monoisotopic (exact) mass is 393 g/mol. The van der Waals surface area contributed by atoms with E-state index in [1.165, 1.54) is 16.5 Å². The third kappa shape index (κ3) is 4.48. The molecule has 0 aliphatic carbocycles. The molecule has 1 N–H and O–H groups in total. The lowest BCUT2D eigenvalue weighted by molar-refractivity contribution is -0.135. The van der Waals surface area contributed by atoms with Crippen molar-refractivity contribution in [1.82, 2.24) is 0 Å². The van der Waals surface area contributed by atoms with E-state index in [0.717, 1.165) is 24.0 Å². The third-order valence-corrected chi connectivity index (χ3v) is 5.32. The van der Waals surface area contributed by atoms with E-state index in [1.807, 2.05) is 43.3 Å². The van der Waals surface area contributed by atoms with Crippen molar-refractivity contribution in [3.8, 4) is 0 Å². The Kier molecular flexibility index (Phi) is 6.33. The average Bonchev–Trinajstić information content (AvgIpc) is 2.90. The molecule has 0 saturated heterocycles. The van der Waals surface area contributed by atoms with Gasteiger partial charge in [-0.05, 0) is 45.2 Å². The van der Waals surface area contributed by atoms with E-state index in [-0.39, 0.29) is 18.7 Å². The number of hydrogen-bond donors (Lipinski definition) is 1. The predicted octanol–water partition coefficient (Wildman–Crippen LogP) is 5.64. The molecule has 1 heterocycles. The molecule has 0 fully saturated rings. The summed E-state index contributed by atoms with van der Waals surface area (Å²) < 4.78 is 14.7. The number of nitrogens with zero attached hydrogens (tertiary/aromatic N) is 1. The van der Waals surface area contributed by atoms with Crippen LogP contribution in [0, 0.1) is 5.82 Å². The quantitative estimate of drug-likeness (QED) is 0.618. The van der Waals surface area contributed by atoms with Crippen molar-refractivity contribution in [2.24, 2.45) is 0 Å². The highest BCUT2D eigenvalue weighted by molar-refractivity contribution is 6.07. The summed E-state index contributed by atoms with van der Waals surface area (Å²) in [7, 11) is 0.